The number of hydrogen-bond donors (Lipinski definition) is 1. The van der Waals surface area contributed by atoms with Crippen LogP contribution >= 0.6 is 0 Å². The van der Waals surface area contributed by atoms with Gasteiger partial charge in [-0.2, -0.15) is 0 Å². The van der Waals surface area contributed by atoms with Crippen molar-refractivity contribution >= 4 is 0 Å². The summed E-state index contributed by atoms with van der Waals surface area (Å²) in [4.78, 5) is 2.66. The fourth-order valence-corrected chi connectivity index (χ4v) is 4.08. The normalized spacial score (nSPS) is 16.3. The second-order valence-corrected chi connectivity index (χ2v) is 7.70. The molecule has 0 aliphatic carbocycles. The van der Waals surface area contributed by atoms with Crippen LogP contribution in [-0.2, 0) is 6.61 Å². The molecule has 1 aliphatic rings. The van der Waals surface area contributed by atoms with Gasteiger partial charge >= 0.3 is 0 Å². The van der Waals surface area contributed by atoms with E-state index in [4.69, 9.17) is 4.74 Å². The van der Waals surface area contributed by atoms with Crippen molar-refractivity contribution in [2.75, 3.05) is 26.2 Å². The number of ether oxygens (including phenoxy) is 1. The molecule has 1 aliphatic heterocycles. The first-order chi connectivity index (χ1) is 13.2. The second kappa shape index (κ2) is 9.91. The number of hydrogen-bond acceptors (Lipinski definition) is 3. The van der Waals surface area contributed by atoms with Crippen LogP contribution in [0.2, 0.25) is 0 Å². The summed E-state index contributed by atoms with van der Waals surface area (Å²) in [5, 5.41) is 3.48. The number of aryl methyl sites for hydroxylation is 2. The minimum Gasteiger partial charge on any atom is -0.488 e. The van der Waals surface area contributed by atoms with Crippen LogP contribution in [0.5, 0.6) is 5.75 Å². The van der Waals surface area contributed by atoms with Crippen molar-refractivity contribution < 1.29 is 4.74 Å². The SMILES string of the molecule is CCCC[C@H](c1cc(C)c(OCc2ccccc2)c(C)c1)N1CCNCC1. The standard InChI is InChI=1S/C24H34N2O/c1-4-5-11-23(26-14-12-25-13-15-26)22-16-19(2)24(20(3)17-22)27-18-21-9-7-6-8-10-21/h6-10,16-17,23,25H,4-5,11-15,18H2,1-3H3/t23-/m1/s1. The largest absolute Gasteiger partial charge is 0.488 e. The highest BCUT2D eigenvalue weighted by Gasteiger charge is 2.23. The summed E-state index contributed by atoms with van der Waals surface area (Å²) >= 11 is 0. The van der Waals surface area contributed by atoms with E-state index in [2.05, 4.69) is 67.4 Å². The average Bonchev–Trinajstić information content (AvgIpc) is 2.69. The van der Waals surface area contributed by atoms with Gasteiger partial charge in [-0.05, 0) is 42.5 Å². The van der Waals surface area contributed by atoms with Crippen LogP contribution in [0.3, 0.4) is 0 Å². The van der Waals surface area contributed by atoms with Crippen molar-refractivity contribution in [3.63, 3.8) is 0 Å². The van der Waals surface area contributed by atoms with Crippen molar-refractivity contribution in [2.24, 2.45) is 0 Å². The second-order valence-electron chi connectivity index (χ2n) is 7.70. The van der Waals surface area contributed by atoms with E-state index in [1.165, 1.54) is 41.5 Å². The van der Waals surface area contributed by atoms with Crippen LogP contribution in [0.1, 0.15) is 54.5 Å². The predicted octanol–water partition coefficient (Wildman–Crippen LogP) is 5.02. The monoisotopic (exact) mass is 366 g/mol. The lowest BCUT2D eigenvalue weighted by atomic mass is 9.95. The van der Waals surface area contributed by atoms with Gasteiger partial charge in [0, 0.05) is 32.2 Å². The third-order valence-corrected chi connectivity index (χ3v) is 5.52. The summed E-state index contributed by atoms with van der Waals surface area (Å²) in [6, 6.07) is 15.6. The molecular weight excluding hydrogens is 332 g/mol. The number of unbranched alkanes of at least 4 members (excludes halogenated alkanes) is 1. The Hall–Kier alpha value is -1.84. The predicted molar refractivity (Wildman–Crippen MR) is 113 cm³/mol. The quantitative estimate of drug-likeness (QED) is 0.710. The van der Waals surface area contributed by atoms with E-state index in [9.17, 15) is 0 Å². The Morgan fingerprint density at radius 3 is 2.33 bits per heavy atom. The van der Waals surface area contributed by atoms with Crippen molar-refractivity contribution in [1.82, 2.24) is 10.2 Å². The number of piperazine rings is 1. The summed E-state index contributed by atoms with van der Waals surface area (Å²) in [7, 11) is 0. The van der Waals surface area contributed by atoms with Crippen LogP contribution < -0.4 is 10.1 Å². The first-order valence-corrected chi connectivity index (χ1v) is 10.4. The lowest BCUT2D eigenvalue weighted by Gasteiger charge is -2.36. The van der Waals surface area contributed by atoms with Gasteiger partial charge in [0.15, 0.2) is 0 Å². The molecule has 1 N–H and O–H groups in total. The Bertz CT molecular complexity index is 685. The molecule has 1 fully saturated rings. The zero-order chi connectivity index (χ0) is 19.1. The van der Waals surface area contributed by atoms with Gasteiger partial charge in [0.2, 0.25) is 0 Å². The molecule has 3 rings (SSSR count). The molecule has 1 heterocycles. The maximum absolute atomic E-state index is 6.19. The Balaban J connectivity index is 1.78. The van der Waals surface area contributed by atoms with Crippen LogP contribution in [-0.4, -0.2) is 31.1 Å². The number of nitrogens with zero attached hydrogens (tertiary/aromatic N) is 1. The van der Waals surface area contributed by atoms with Gasteiger partial charge in [-0.3, -0.25) is 4.90 Å². The molecule has 1 saturated heterocycles. The molecule has 0 radical (unpaired) electrons. The van der Waals surface area contributed by atoms with Crippen molar-refractivity contribution in [1.29, 1.82) is 0 Å². The molecule has 1 atom stereocenters. The van der Waals surface area contributed by atoms with Gasteiger partial charge in [-0.25, -0.2) is 0 Å². The van der Waals surface area contributed by atoms with E-state index in [-0.39, 0.29) is 0 Å². The van der Waals surface area contributed by atoms with Crippen LogP contribution in [0.4, 0.5) is 0 Å². The lowest BCUT2D eigenvalue weighted by Crippen LogP contribution is -2.45. The van der Waals surface area contributed by atoms with E-state index >= 15 is 0 Å². The van der Waals surface area contributed by atoms with Crippen LogP contribution in [0.15, 0.2) is 42.5 Å². The summed E-state index contributed by atoms with van der Waals surface area (Å²) in [6.45, 7) is 11.7. The summed E-state index contributed by atoms with van der Waals surface area (Å²) in [6.07, 6.45) is 3.76. The number of benzene rings is 2. The average molecular weight is 367 g/mol. The Morgan fingerprint density at radius 1 is 1.04 bits per heavy atom. The molecule has 27 heavy (non-hydrogen) atoms. The summed E-state index contributed by atoms with van der Waals surface area (Å²) in [5.74, 6) is 1.04. The summed E-state index contributed by atoms with van der Waals surface area (Å²) in [5.41, 5.74) is 5.16. The van der Waals surface area contributed by atoms with E-state index in [0.717, 1.165) is 31.9 Å². The third-order valence-electron chi connectivity index (χ3n) is 5.52. The topological polar surface area (TPSA) is 24.5 Å². The first kappa shape index (κ1) is 19.9. The fourth-order valence-electron chi connectivity index (χ4n) is 4.08. The number of rotatable bonds is 8. The molecule has 0 saturated carbocycles. The molecule has 2 aromatic carbocycles. The highest BCUT2D eigenvalue weighted by molar-refractivity contribution is 5.44. The molecule has 146 valence electrons. The maximum atomic E-state index is 6.19. The van der Waals surface area contributed by atoms with Gasteiger partial charge < -0.3 is 10.1 Å². The molecule has 0 amide bonds. The van der Waals surface area contributed by atoms with Crippen LogP contribution in [0, 0.1) is 13.8 Å². The zero-order valence-corrected chi connectivity index (χ0v) is 17.1. The van der Waals surface area contributed by atoms with E-state index in [1.807, 2.05) is 6.07 Å². The minimum absolute atomic E-state index is 0.521. The zero-order valence-electron chi connectivity index (χ0n) is 17.1. The van der Waals surface area contributed by atoms with E-state index in [1.54, 1.807) is 0 Å². The van der Waals surface area contributed by atoms with Crippen molar-refractivity contribution in [2.45, 2.75) is 52.7 Å². The fraction of sp³-hybridized carbons (Fsp3) is 0.500. The lowest BCUT2D eigenvalue weighted by molar-refractivity contribution is 0.163. The van der Waals surface area contributed by atoms with Gasteiger partial charge in [-0.1, -0.05) is 62.2 Å². The molecule has 0 bridgehead atoms. The van der Waals surface area contributed by atoms with E-state index in [0.29, 0.717) is 12.6 Å². The smallest absolute Gasteiger partial charge is 0.125 e. The van der Waals surface area contributed by atoms with Gasteiger partial charge in [0.25, 0.3) is 0 Å². The van der Waals surface area contributed by atoms with Crippen molar-refractivity contribution in [3.05, 3.63) is 64.7 Å². The van der Waals surface area contributed by atoms with Crippen LogP contribution in [0.25, 0.3) is 0 Å². The number of nitrogens with one attached hydrogen (secondary N) is 1. The Kier molecular flexibility index (Phi) is 7.31. The minimum atomic E-state index is 0.521. The highest BCUT2D eigenvalue weighted by Crippen LogP contribution is 2.33. The Labute approximate surface area is 164 Å². The molecule has 3 nitrogen and oxygen atoms in total. The van der Waals surface area contributed by atoms with Gasteiger partial charge in [-0.15, -0.1) is 0 Å². The maximum Gasteiger partial charge on any atom is 0.125 e. The molecule has 3 heteroatoms. The molecule has 0 aromatic heterocycles. The van der Waals surface area contributed by atoms with Gasteiger partial charge in [0.05, 0.1) is 0 Å². The molecule has 0 spiro atoms. The highest BCUT2D eigenvalue weighted by atomic mass is 16.5. The van der Waals surface area contributed by atoms with Gasteiger partial charge in [0.1, 0.15) is 12.4 Å². The third kappa shape index (κ3) is 5.33. The molecule has 0 unspecified atom stereocenters. The molecule has 2 aromatic rings. The molecular formula is C24H34N2O. The summed E-state index contributed by atoms with van der Waals surface area (Å²) < 4.78 is 6.19. The Morgan fingerprint density at radius 2 is 1.70 bits per heavy atom. The van der Waals surface area contributed by atoms with E-state index < -0.39 is 0 Å². The van der Waals surface area contributed by atoms with Crippen molar-refractivity contribution in [3.8, 4) is 5.75 Å². The first-order valence-electron chi connectivity index (χ1n) is 10.4.